The second-order valence-corrected chi connectivity index (χ2v) is 7.07. The lowest BCUT2D eigenvalue weighted by Crippen LogP contribution is -2.38. The van der Waals surface area contributed by atoms with Crippen molar-refractivity contribution in [1.29, 1.82) is 0 Å². The van der Waals surface area contributed by atoms with Gasteiger partial charge < -0.3 is 20.3 Å². The number of benzene rings is 2. The summed E-state index contributed by atoms with van der Waals surface area (Å²) in [7, 11) is 1.54. The second kappa shape index (κ2) is 9.43. The van der Waals surface area contributed by atoms with E-state index in [2.05, 4.69) is 10.6 Å². The van der Waals surface area contributed by atoms with Crippen LogP contribution >= 0.6 is 11.6 Å². The first kappa shape index (κ1) is 20.7. The van der Waals surface area contributed by atoms with E-state index in [9.17, 15) is 14.4 Å². The van der Waals surface area contributed by atoms with Gasteiger partial charge in [0.25, 0.3) is 5.91 Å². The Bertz CT molecular complexity index is 918. The number of halogens is 1. The fourth-order valence-electron chi connectivity index (χ4n) is 3.21. The Hall–Kier alpha value is -3.06. The van der Waals surface area contributed by atoms with Gasteiger partial charge >= 0.3 is 0 Å². The van der Waals surface area contributed by atoms with Gasteiger partial charge in [0.05, 0.1) is 18.7 Å². The van der Waals surface area contributed by atoms with Gasteiger partial charge in [0.1, 0.15) is 5.75 Å². The van der Waals surface area contributed by atoms with Crippen molar-refractivity contribution in [3.05, 3.63) is 59.1 Å². The summed E-state index contributed by atoms with van der Waals surface area (Å²) >= 11 is 5.88. The fourth-order valence-corrected chi connectivity index (χ4v) is 3.40. The van der Waals surface area contributed by atoms with E-state index in [1.807, 2.05) is 12.1 Å². The van der Waals surface area contributed by atoms with Crippen LogP contribution in [-0.4, -0.2) is 44.5 Å². The summed E-state index contributed by atoms with van der Waals surface area (Å²) in [6.07, 6.45) is 0.138. The highest BCUT2D eigenvalue weighted by atomic mass is 35.5. The average Bonchev–Trinajstić information content (AvgIpc) is 3.12. The number of nitrogens with one attached hydrogen (secondary N) is 2. The molecule has 8 heteroatoms. The van der Waals surface area contributed by atoms with Crippen LogP contribution in [0.15, 0.2) is 48.5 Å². The lowest BCUT2D eigenvalue weighted by atomic mass is 10.1. The van der Waals surface area contributed by atoms with Gasteiger partial charge in [-0.25, -0.2) is 0 Å². The number of anilines is 1. The van der Waals surface area contributed by atoms with Crippen LogP contribution < -0.4 is 20.3 Å². The monoisotopic (exact) mass is 415 g/mol. The second-order valence-electron chi connectivity index (χ2n) is 6.63. The summed E-state index contributed by atoms with van der Waals surface area (Å²) in [4.78, 5) is 38.4. The van der Waals surface area contributed by atoms with Crippen molar-refractivity contribution in [2.45, 2.75) is 6.42 Å². The lowest BCUT2D eigenvalue weighted by Gasteiger charge is -2.19. The first-order valence-corrected chi connectivity index (χ1v) is 9.62. The molecule has 1 saturated heterocycles. The van der Waals surface area contributed by atoms with E-state index in [0.29, 0.717) is 28.6 Å². The quantitative estimate of drug-likeness (QED) is 0.679. The molecule has 0 saturated carbocycles. The minimum Gasteiger partial charge on any atom is -0.495 e. The molecule has 0 aliphatic carbocycles. The molecule has 1 heterocycles. The van der Waals surface area contributed by atoms with Crippen molar-refractivity contribution >= 4 is 35.0 Å². The van der Waals surface area contributed by atoms with Crippen molar-refractivity contribution in [3.8, 4) is 5.75 Å². The van der Waals surface area contributed by atoms with Gasteiger partial charge in [-0.15, -0.1) is 0 Å². The van der Waals surface area contributed by atoms with E-state index >= 15 is 0 Å². The molecule has 7 nitrogen and oxygen atoms in total. The van der Waals surface area contributed by atoms with Crippen molar-refractivity contribution in [2.75, 3.05) is 31.6 Å². The van der Waals surface area contributed by atoms with Crippen LogP contribution in [0.1, 0.15) is 16.8 Å². The zero-order valence-corrected chi connectivity index (χ0v) is 16.7. The number of hydrogen-bond acceptors (Lipinski definition) is 4. The van der Waals surface area contributed by atoms with Gasteiger partial charge in [-0.05, 0) is 30.3 Å². The summed E-state index contributed by atoms with van der Waals surface area (Å²) in [6, 6.07) is 13.8. The third-order valence-corrected chi connectivity index (χ3v) is 4.90. The van der Waals surface area contributed by atoms with Gasteiger partial charge in [0.15, 0.2) is 0 Å². The normalized spacial score (nSPS) is 15.9. The highest BCUT2D eigenvalue weighted by Gasteiger charge is 2.36. The molecule has 0 aromatic heterocycles. The van der Waals surface area contributed by atoms with Crippen LogP contribution in [0.4, 0.5) is 5.69 Å². The number of amides is 3. The largest absolute Gasteiger partial charge is 0.495 e. The zero-order valence-electron chi connectivity index (χ0n) is 16.0. The summed E-state index contributed by atoms with van der Waals surface area (Å²) in [5.41, 5.74) is 1.11. The van der Waals surface area contributed by atoms with Crippen molar-refractivity contribution < 1.29 is 19.1 Å². The molecule has 1 aliphatic rings. The number of carbonyl (C=O) groups excluding carboxylic acids is 3. The van der Waals surface area contributed by atoms with Crippen LogP contribution in [0.2, 0.25) is 5.02 Å². The first-order valence-electron chi connectivity index (χ1n) is 9.24. The minimum absolute atomic E-state index is 0.121. The summed E-state index contributed by atoms with van der Waals surface area (Å²) in [5, 5.41) is 5.98. The first-order chi connectivity index (χ1) is 14.0. The minimum atomic E-state index is -0.448. The zero-order chi connectivity index (χ0) is 20.8. The Morgan fingerprint density at radius 3 is 2.66 bits per heavy atom. The molecular formula is C21H22ClN3O4. The van der Waals surface area contributed by atoms with Crippen molar-refractivity contribution in [3.63, 3.8) is 0 Å². The van der Waals surface area contributed by atoms with E-state index in [4.69, 9.17) is 16.3 Å². The average molecular weight is 416 g/mol. The topological polar surface area (TPSA) is 87.7 Å². The number of nitrogens with zero attached hydrogens (tertiary/aromatic N) is 1. The van der Waals surface area contributed by atoms with E-state index < -0.39 is 5.92 Å². The molecule has 0 unspecified atom stereocenters. The van der Waals surface area contributed by atoms with Crippen LogP contribution in [-0.2, 0) is 9.59 Å². The van der Waals surface area contributed by atoms with Gasteiger partial charge in [-0.3, -0.25) is 14.4 Å². The Labute approximate surface area is 174 Å². The standard InChI is InChI=1S/C21H22ClN3O4/c1-29-18-8-3-2-7-17(18)25-13-15(12-19(25)26)21(28)24-10-9-23-20(27)14-5-4-6-16(22)11-14/h2-8,11,15H,9-10,12-13H2,1H3,(H,23,27)(H,24,28)/t15-/m0/s1. The molecule has 0 bridgehead atoms. The molecule has 0 spiro atoms. The number of carbonyl (C=O) groups is 3. The fraction of sp³-hybridized carbons (Fsp3) is 0.286. The Morgan fingerprint density at radius 1 is 1.14 bits per heavy atom. The Morgan fingerprint density at radius 2 is 1.90 bits per heavy atom. The molecule has 1 fully saturated rings. The van der Waals surface area contributed by atoms with Gasteiger partial charge in [0, 0.05) is 36.6 Å². The highest BCUT2D eigenvalue weighted by molar-refractivity contribution is 6.30. The van der Waals surface area contributed by atoms with Crippen LogP contribution in [0.25, 0.3) is 0 Å². The molecule has 2 N–H and O–H groups in total. The van der Waals surface area contributed by atoms with Gasteiger partial charge in [0.2, 0.25) is 11.8 Å². The van der Waals surface area contributed by atoms with Gasteiger partial charge in [-0.2, -0.15) is 0 Å². The molecule has 3 amide bonds. The Kier molecular flexibility index (Phi) is 6.72. The van der Waals surface area contributed by atoms with Crippen molar-refractivity contribution in [2.24, 2.45) is 5.92 Å². The van der Waals surface area contributed by atoms with Crippen LogP contribution in [0, 0.1) is 5.92 Å². The molecule has 0 radical (unpaired) electrons. The number of para-hydroxylation sites is 2. The third-order valence-electron chi connectivity index (χ3n) is 4.67. The summed E-state index contributed by atoms with van der Waals surface area (Å²) in [5.74, 6) is -0.460. The van der Waals surface area contributed by atoms with Crippen molar-refractivity contribution in [1.82, 2.24) is 10.6 Å². The Balaban J connectivity index is 1.48. The van der Waals surface area contributed by atoms with Crippen LogP contribution in [0.5, 0.6) is 5.75 Å². The maximum atomic E-state index is 12.4. The highest BCUT2D eigenvalue weighted by Crippen LogP contribution is 2.32. The summed E-state index contributed by atoms with van der Waals surface area (Å²) in [6.45, 7) is 0.832. The molecule has 152 valence electrons. The predicted molar refractivity (Wildman–Crippen MR) is 110 cm³/mol. The lowest BCUT2D eigenvalue weighted by molar-refractivity contribution is -0.126. The smallest absolute Gasteiger partial charge is 0.251 e. The maximum Gasteiger partial charge on any atom is 0.251 e. The summed E-state index contributed by atoms with van der Waals surface area (Å²) < 4.78 is 5.30. The number of hydrogen-bond donors (Lipinski definition) is 2. The molecule has 29 heavy (non-hydrogen) atoms. The molecular weight excluding hydrogens is 394 g/mol. The molecule has 3 rings (SSSR count). The number of ether oxygens (including phenoxy) is 1. The molecule has 1 atom stereocenters. The third kappa shape index (κ3) is 5.06. The van der Waals surface area contributed by atoms with E-state index in [1.54, 1.807) is 48.4 Å². The van der Waals surface area contributed by atoms with E-state index in [1.165, 1.54) is 0 Å². The molecule has 1 aliphatic heterocycles. The SMILES string of the molecule is COc1ccccc1N1C[C@@H](C(=O)NCCNC(=O)c2cccc(Cl)c2)CC1=O. The van der Waals surface area contributed by atoms with E-state index in [0.717, 1.165) is 0 Å². The number of rotatable bonds is 7. The molecule has 2 aromatic rings. The maximum absolute atomic E-state index is 12.4. The van der Waals surface area contributed by atoms with Crippen LogP contribution in [0.3, 0.4) is 0 Å². The molecule has 2 aromatic carbocycles. The van der Waals surface area contributed by atoms with E-state index in [-0.39, 0.29) is 37.2 Å². The van der Waals surface area contributed by atoms with Gasteiger partial charge in [-0.1, -0.05) is 29.8 Å². The predicted octanol–water partition coefficient (Wildman–Crippen LogP) is 2.25. The number of methoxy groups -OCH3 is 1.